The molecule has 0 amide bonds. The molecule has 3 aromatic rings. The second-order valence-corrected chi connectivity index (χ2v) is 8.29. The third-order valence-corrected chi connectivity index (χ3v) is 5.34. The zero-order valence-electron chi connectivity index (χ0n) is 16.7. The molecule has 3 heterocycles. The first-order chi connectivity index (χ1) is 13.2. The van der Waals surface area contributed by atoms with Crippen LogP contribution in [0.3, 0.4) is 0 Å². The van der Waals surface area contributed by atoms with Gasteiger partial charge < -0.3 is 5.73 Å². The molecule has 3 aromatic heterocycles. The fraction of sp³-hybridized carbons (Fsp3) is 0.474. The Hall–Kier alpha value is -2.94. The molecule has 0 unspecified atom stereocenters. The van der Waals surface area contributed by atoms with Gasteiger partial charge in [-0.05, 0) is 44.9 Å². The van der Waals surface area contributed by atoms with Crippen molar-refractivity contribution in [1.29, 1.82) is 0 Å². The van der Waals surface area contributed by atoms with Crippen molar-refractivity contribution in [3.8, 4) is 0 Å². The van der Waals surface area contributed by atoms with E-state index in [1.54, 1.807) is 16.8 Å². The van der Waals surface area contributed by atoms with Crippen molar-refractivity contribution in [1.82, 2.24) is 24.1 Å². The molecule has 0 aliphatic heterocycles. The summed E-state index contributed by atoms with van der Waals surface area (Å²) in [4.78, 5) is 20.1. The third-order valence-electron chi connectivity index (χ3n) is 5.34. The van der Waals surface area contributed by atoms with E-state index in [1.165, 1.54) is 6.33 Å². The number of rotatable bonds is 7. The number of hydrogen-bond acceptors (Lipinski definition) is 7. The Labute approximate surface area is 163 Å². The lowest BCUT2D eigenvalue weighted by Crippen LogP contribution is -2.37. The highest BCUT2D eigenvalue weighted by Gasteiger charge is 2.27. The SMILES string of the molecule is CC(C)(CCCC(C)(C)n1ccc(NO)nc1=O)c1ccc2c(N)ncnn12. The Morgan fingerprint density at radius 1 is 1.18 bits per heavy atom. The topological polar surface area (TPSA) is 123 Å². The van der Waals surface area contributed by atoms with Crippen molar-refractivity contribution < 1.29 is 5.21 Å². The molecule has 0 fully saturated rings. The van der Waals surface area contributed by atoms with E-state index in [0.717, 1.165) is 30.5 Å². The first-order valence-corrected chi connectivity index (χ1v) is 9.25. The molecule has 0 aromatic carbocycles. The number of fused-ring (bicyclic) bond motifs is 1. The van der Waals surface area contributed by atoms with Crippen molar-refractivity contribution in [2.45, 2.75) is 57.9 Å². The second-order valence-electron chi connectivity index (χ2n) is 8.29. The zero-order valence-corrected chi connectivity index (χ0v) is 16.7. The van der Waals surface area contributed by atoms with Crippen molar-refractivity contribution >= 4 is 17.2 Å². The molecule has 0 radical (unpaired) electrons. The van der Waals surface area contributed by atoms with E-state index in [2.05, 4.69) is 28.9 Å². The van der Waals surface area contributed by atoms with Crippen LogP contribution in [0.4, 0.5) is 11.6 Å². The van der Waals surface area contributed by atoms with Crippen LogP contribution in [0, 0.1) is 0 Å². The average Bonchev–Trinajstić information content (AvgIpc) is 3.07. The van der Waals surface area contributed by atoms with Crippen LogP contribution >= 0.6 is 0 Å². The van der Waals surface area contributed by atoms with Gasteiger partial charge in [-0.3, -0.25) is 15.3 Å². The van der Waals surface area contributed by atoms with Gasteiger partial charge in [0.2, 0.25) is 0 Å². The number of nitrogens with two attached hydrogens (primary N) is 1. The maximum atomic E-state index is 12.2. The Morgan fingerprint density at radius 3 is 2.61 bits per heavy atom. The molecule has 0 aliphatic rings. The molecule has 0 saturated carbocycles. The van der Waals surface area contributed by atoms with E-state index in [0.29, 0.717) is 5.82 Å². The highest BCUT2D eigenvalue weighted by atomic mass is 16.5. The van der Waals surface area contributed by atoms with Gasteiger partial charge in [0.05, 0.1) is 0 Å². The van der Waals surface area contributed by atoms with Gasteiger partial charge in [0.1, 0.15) is 11.8 Å². The van der Waals surface area contributed by atoms with E-state index >= 15 is 0 Å². The number of nitrogens with one attached hydrogen (secondary N) is 1. The second kappa shape index (κ2) is 7.23. The molecule has 4 N–H and O–H groups in total. The monoisotopic (exact) mass is 385 g/mol. The molecule has 3 rings (SSSR count). The van der Waals surface area contributed by atoms with Crippen LogP contribution in [0.1, 0.15) is 52.7 Å². The molecule has 0 aliphatic carbocycles. The maximum absolute atomic E-state index is 12.2. The van der Waals surface area contributed by atoms with E-state index < -0.39 is 11.2 Å². The van der Waals surface area contributed by atoms with Gasteiger partial charge in [-0.1, -0.05) is 20.3 Å². The average molecular weight is 385 g/mol. The van der Waals surface area contributed by atoms with Gasteiger partial charge in [0.25, 0.3) is 0 Å². The van der Waals surface area contributed by atoms with Crippen molar-refractivity contribution in [2.24, 2.45) is 0 Å². The summed E-state index contributed by atoms with van der Waals surface area (Å²) in [7, 11) is 0. The summed E-state index contributed by atoms with van der Waals surface area (Å²) in [6.45, 7) is 8.37. The van der Waals surface area contributed by atoms with Crippen LogP contribution in [0.2, 0.25) is 0 Å². The van der Waals surface area contributed by atoms with Gasteiger partial charge in [-0.15, -0.1) is 0 Å². The number of aromatic nitrogens is 5. The summed E-state index contributed by atoms with van der Waals surface area (Å²) in [5, 5.41) is 13.2. The normalized spacial score (nSPS) is 12.5. The van der Waals surface area contributed by atoms with Crippen LogP contribution in [-0.4, -0.2) is 29.4 Å². The molecule has 0 saturated heterocycles. The summed E-state index contributed by atoms with van der Waals surface area (Å²) >= 11 is 0. The molecule has 0 spiro atoms. The van der Waals surface area contributed by atoms with Crippen LogP contribution in [-0.2, 0) is 11.0 Å². The number of anilines is 2. The van der Waals surface area contributed by atoms with Gasteiger partial charge in [0, 0.05) is 22.8 Å². The Balaban J connectivity index is 1.74. The van der Waals surface area contributed by atoms with Gasteiger partial charge in [-0.2, -0.15) is 10.1 Å². The van der Waals surface area contributed by atoms with Crippen molar-refractivity contribution in [3.05, 3.63) is 46.9 Å². The minimum Gasteiger partial charge on any atom is -0.382 e. The highest BCUT2D eigenvalue weighted by Crippen LogP contribution is 2.32. The molecule has 0 bridgehead atoms. The minimum atomic E-state index is -0.401. The van der Waals surface area contributed by atoms with Gasteiger partial charge in [0.15, 0.2) is 11.6 Å². The van der Waals surface area contributed by atoms with E-state index in [-0.39, 0.29) is 11.2 Å². The smallest absolute Gasteiger partial charge is 0.350 e. The fourth-order valence-corrected chi connectivity index (χ4v) is 3.60. The number of hydrogen-bond donors (Lipinski definition) is 3. The lowest BCUT2D eigenvalue weighted by Gasteiger charge is -2.30. The molecule has 0 atom stereocenters. The highest BCUT2D eigenvalue weighted by molar-refractivity contribution is 5.65. The molecule has 150 valence electrons. The van der Waals surface area contributed by atoms with Gasteiger partial charge >= 0.3 is 5.69 Å². The Kier molecular flexibility index (Phi) is 5.12. The fourth-order valence-electron chi connectivity index (χ4n) is 3.60. The van der Waals surface area contributed by atoms with Crippen LogP contribution in [0.15, 0.2) is 35.5 Å². The Bertz CT molecular complexity index is 1040. The lowest BCUT2D eigenvalue weighted by molar-refractivity contribution is 0.286. The van der Waals surface area contributed by atoms with E-state index in [4.69, 9.17) is 10.9 Å². The summed E-state index contributed by atoms with van der Waals surface area (Å²) in [6, 6.07) is 5.56. The third kappa shape index (κ3) is 3.70. The number of nitrogen functional groups attached to an aromatic ring is 1. The zero-order chi connectivity index (χ0) is 20.5. The van der Waals surface area contributed by atoms with E-state index in [9.17, 15) is 4.79 Å². The molecule has 9 nitrogen and oxygen atoms in total. The summed E-state index contributed by atoms with van der Waals surface area (Å²) in [5.74, 6) is 0.602. The number of nitrogens with zero attached hydrogens (tertiary/aromatic N) is 5. The molecule has 28 heavy (non-hydrogen) atoms. The predicted molar refractivity (Wildman–Crippen MR) is 108 cm³/mol. The quantitative estimate of drug-likeness (QED) is 0.534. The molecular formula is C19H27N7O2. The van der Waals surface area contributed by atoms with Crippen LogP contribution in [0.25, 0.3) is 5.52 Å². The van der Waals surface area contributed by atoms with E-state index in [1.807, 2.05) is 36.0 Å². The van der Waals surface area contributed by atoms with Gasteiger partial charge in [-0.25, -0.2) is 14.3 Å². The van der Waals surface area contributed by atoms with Crippen LogP contribution < -0.4 is 16.9 Å². The molecule has 9 heteroatoms. The maximum Gasteiger partial charge on any atom is 0.350 e. The largest absolute Gasteiger partial charge is 0.382 e. The minimum absolute atomic E-state index is 0.128. The van der Waals surface area contributed by atoms with Crippen molar-refractivity contribution in [2.75, 3.05) is 11.2 Å². The van der Waals surface area contributed by atoms with Crippen LogP contribution in [0.5, 0.6) is 0 Å². The summed E-state index contributed by atoms with van der Waals surface area (Å²) in [5.41, 5.74) is 8.79. The standard InChI is InChI=1S/C19H27N7O2/c1-18(2,14-7-6-13-16(20)21-12-22-26(13)14)9-5-10-19(3,4)25-11-8-15(24-28)23-17(25)27/h6-8,11-12,28H,5,9-10H2,1-4H3,(H2,20,21,22)(H,23,24,27). The predicted octanol–water partition coefficient (Wildman–Crippen LogP) is 2.55. The Morgan fingerprint density at radius 2 is 1.93 bits per heavy atom. The lowest BCUT2D eigenvalue weighted by atomic mass is 9.82. The first kappa shape index (κ1) is 19.8. The molecular weight excluding hydrogens is 358 g/mol. The summed E-state index contributed by atoms with van der Waals surface area (Å²) < 4.78 is 3.45. The van der Waals surface area contributed by atoms with Crippen molar-refractivity contribution in [3.63, 3.8) is 0 Å². The summed E-state index contributed by atoms with van der Waals surface area (Å²) in [6.07, 6.45) is 5.73. The first-order valence-electron chi connectivity index (χ1n) is 9.25.